The first-order chi connectivity index (χ1) is 21.4. The van der Waals surface area contributed by atoms with E-state index < -0.39 is 5.97 Å². The largest absolute Gasteiger partial charge is 0.494 e. The molecule has 8 nitrogen and oxygen atoms in total. The van der Waals surface area contributed by atoms with E-state index in [4.69, 9.17) is 18.9 Å². The van der Waals surface area contributed by atoms with Crippen LogP contribution in [0.15, 0.2) is 42.5 Å². The van der Waals surface area contributed by atoms with Crippen molar-refractivity contribution in [2.45, 2.75) is 96.4 Å². The van der Waals surface area contributed by atoms with Crippen molar-refractivity contribution in [1.82, 2.24) is 5.32 Å². The van der Waals surface area contributed by atoms with Crippen LogP contribution in [0.25, 0.3) is 0 Å². The van der Waals surface area contributed by atoms with Gasteiger partial charge in [0.1, 0.15) is 11.5 Å². The molecule has 2 aliphatic carbocycles. The van der Waals surface area contributed by atoms with Gasteiger partial charge in [0, 0.05) is 11.6 Å². The summed E-state index contributed by atoms with van der Waals surface area (Å²) in [4.78, 5) is 37.2. The maximum Gasteiger partial charge on any atom is 0.338 e. The smallest absolute Gasteiger partial charge is 0.338 e. The van der Waals surface area contributed by atoms with Crippen molar-refractivity contribution in [3.8, 4) is 11.5 Å². The van der Waals surface area contributed by atoms with E-state index in [1.807, 2.05) is 12.1 Å². The predicted molar refractivity (Wildman–Crippen MR) is 169 cm³/mol. The predicted octanol–water partition coefficient (Wildman–Crippen LogP) is 6.61. The van der Waals surface area contributed by atoms with E-state index >= 15 is 0 Å². The lowest BCUT2D eigenvalue weighted by molar-refractivity contribution is -0.145. The van der Waals surface area contributed by atoms with Crippen LogP contribution in [0.1, 0.15) is 99.0 Å². The van der Waals surface area contributed by atoms with Crippen LogP contribution in [-0.4, -0.2) is 50.8 Å². The number of methoxy groups -OCH3 is 1. The quantitative estimate of drug-likeness (QED) is 0.169. The Morgan fingerprint density at radius 3 is 2.41 bits per heavy atom. The van der Waals surface area contributed by atoms with Crippen LogP contribution in [0.5, 0.6) is 11.5 Å². The highest BCUT2D eigenvalue weighted by molar-refractivity contribution is 5.90. The number of aryl methyl sites for hydroxylation is 1. The second kappa shape index (κ2) is 17.7. The van der Waals surface area contributed by atoms with E-state index in [0.717, 1.165) is 44.0 Å². The Hall–Kier alpha value is -3.55. The molecule has 0 spiro atoms. The van der Waals surface area contributed by atoms with Crippen LogP contribution >= 0.6 is 0 Å². The van der Waals surface area contributed by atoms with Crippen LogP contribution in [-0.2, 0) is 31.9 Å². The topological polar surface area (TPSA) is 100 Å². The van der Waals surface area contributed by atoms with Gasteiger partial charge in [0.15, 0.2) is 0 Å². The van der Waals surface area contributed by atoms with Crippen LogP contribution in [0.3, 0.4) is 0 Å². The highest BCUT2D eigenvalue weighted by Crippen LogP contribution is 2.28. The fraction of sp³-hybridized carbons (Fsp3) is 0.583. The standard InChI is InChI=1S/C36H49NO7/c1-3-42-36(40)28-16-20-33(30(23-28)25-34(38)37-31-17-15-29(24-31)35(39)41-2)44-22-8-12-27-13-18-32(19-14-27)43-21-7-11-26-9-5-4-6-10-26/h13-14,16,18-20,23,26,29,31H,3-12,15,17,21-22,24-25H2,1-2H3,(H,37,38)/t29-,31?/m1/s1. The summed E-state index contributed by atoms with van der Waals surface area (Å²) >= 11 is 0. The molecule has 2 aromatic rings. The summed E-state index contributed by atoms with van der Waals surface area (Å²) in [5.41, 5.74) is 2.22. The lowest BCUT2D eigenvalue weighted by Crippen LogP contribution is -2.34. The van der Waals surface area contributed by atoms with Crippen molar-refractivity contribution in [2.24, 2.45) is 11.8 Å². The fourth-order valence-electron chi connectivity index (χ4n) is 6.39. The molecule has 2 fully saturated rings. The van der Waals surface area contributed by atoms with Gasteiger partial charge in [-0.25, -0.2) is 4.79 Å². The number of rotatable bonds is 16. The van der Waals surface area contributed by atoms with E-state index in [1.165, 1.54) is 51.2 Å². The third-order valence-electron chi connectivity index (χ3n) is 8.80. The number of esters is 2. The number of nitrogens with one attached hydrogen (secondary N) is 1. The molecule has 0 aromatic heterocycles. The maximum absolute atomic E-state index is 13.0. The Bertz CT molecular complexity index is 1210. The van der Waals surface area contributed by atoms with Gasteiger partial charge in [-0.3, -0.25) is 9.59 Å². The Balaban J connectivity index is 1.24. The molecule has 1 amide bonds. The van der Waals surface area contributed by atoms with E-state index in [1.54, 1.807) is 25.1 Å². The Morgan fingerprint density at radius 1 is 0.886 bits per heavy atom. The summed E-state index contributed by atoms with van der Waals surface area (Å²) in [6.45, 7) is 3.26. The van der Waals surface area contributed by atoms with Crippen molar-refractivity contribution in [2.75, 3.05) is 26.9 Å². The van der Waals surface area contributed by atoms with Gasteiger partial charge in [-0.2, -0.15) is 0 Å². The van der Waals surface area contributed by atoms with E-state index in [0.29, 0.717) is 36.3 Å². The zero-order valence-corrected chi connectivity index (χ0v) is 26.4. The van der Waals surface area contributed by atoms with Crippen molar-refractivity contribution < 1.29 is 33.3 Å². The van der Waals surface area contributed by atoms with Crippen LogP contribution in [0.2, 0.25) is 0 Å². The number of hydrogen-bond donors (Lipinski definition) is 1. The van der Waals surface area contributed by atoms with Crippen LogP contribution in [0.4, 0.5) is 0 Å². The normalized spacial score (nSPS) is 18.4. The Kier molecular flexibility index (Phi) is 13.4. The summed E-state index contributed by atoms with van der Waals surface area (Å²) in [5, 5.41) is 3.03. The van der Waals surface area contributed by atoms with E-state index in [9.17, 15) is 14.4 Å². The molecule has 2 atom stereocenters. The summed E-state index contributed by atoms with van der Waals surface area (Å²) in [6.07, 6.45) is 13.0. The summed E-state index contributed by atoms with van der Waals surface area (Å²) in [6, 6.07) is 13.3. The molecule has 0 aliphatic heterocycles. The molecular weight excluding hydrogens is 558 g/mol. The summed E-state index contributed by atoms with van der Waals surface area (Å²) in [5.74, 6) is 1.34. The number of carbonyl (C=O) groups is 3. The minimum atomic E-state index is -0.436. The van der Waals surface area contributed by atoms with Gasteiger partial charge in [0.05, 0.1) is 44.8 Å². The van der Waals surface area contributed by atoms with E-state index in [-0.39, 0.29) is 36.9 Å². The molecule has 2 aromatic carbocycles. The van der Waals surface area contributed by atoms with Gasteiger partial charge < -0.3 is 24.3 Å². The SMILES string of the molecule is CCOC(=O)c1ccc(OCCCc2ccc(OCCCC3CCCCC3)cc2)c(CC(=O)NC2CC[C@@H](C(=O)OC)C2)c1. The average molecular weight is 608 g/mol. The molecule has 1 N–H and O–H groups in total. The Morgan fingerprint density at radius 2 is 1.66 bits per heavy atom. The van der Waals surface area contributed by atoms with Crippen molar-refractivity contribution in [1.29, 1.82) is 0 Å². The first-order valence-corrected chi connectivity index (χ1v) is 16.5. The first-order valence-electron chi connectivity index (χ1n) is 16.5. The third-order valence-corrected chi connectivity index (χ3v) is 8.80. The number of ether oxygens (including phenoxy) is 4. The molecule has 0 bridgehead atoms. The molecule has 2 saturated carbocycles. The van der Waals surface area contributed by atoms with Crippen molar-refractivity contribution in [3.63, 3.8) is 0 Å². The molecule has 8 heteroatoms. The van der Waals surface area contributed by atoms with Crippen LogP contribution in [0, 0.1) is 11.8 Å². The minimum Gasteiger partial charge on any atom is -0.494 e. The zero-order chi connectivity index (χ0) is 31.1. The lowest BCUT2D eigenvalue weighted by Gasteiger charge is -2.21. The number of benzene rings is 2. The lowest BCUT2D eigenvalue weighted by atomic mass is 9.86. The molecule has 0 radical (unpaired) electrons. The third kappa shape index (κ3) is 10.6. The highest BCUT2D eigenvalue weighted by Gasteiger charge is 2.31. The number of carbonyl (C=O) groups excluding carboxylic acids is 3. The van der Waals surface area contributed by atoms with Gasteiger partial charge in [-0.15, -0.1) is 0 Å². The summed E-state index contributed by atoms with van der Waals surface area (Å²) < 4.78 is 22.1. The molecule has 240 valence electrons. The highest BCUT2D eigenvalue weighted by atomic mass is 16.5. The van der Waals surface area contributed by atoms with E-state index in [2.05, 4.69) is 17.4 Å². The zero-order valence-electron chi connectivity index (χ0n) is 26.4. The van der Waals surface area contributed by atoms with Crippen molar-refractivity contribution >= 4 is 17.8 Å². The van der Waals surface area contributed by atoms with Gasteiger partial charge in [0.25, 0.3) is 0 Å². The molecule has 2 aliphatic rings. The average Bonchev–Trinajstić information content (AvgIpc) is 3.51. The second-order valence-electron chi connectivity index (χ2n) is 12.1. The Labute approximate surface area is 262 Å². The second-order valence-corrected chi connectivity index (χ2v) is 12.1. The van der Waals surface area contributed by atoms with Gasteiger partial charge in [-0.1, -0.05) is 44.2 Å². The number of hydrogen-bond acceptors (Lipinski definition) is 7. The maximum atomic E-state index is 13.0. The molecule has 4 rings (SSSR count). The molecule has 44 heavy (non-hydrogen) atoms. The summed E-state index contributed by atoms with van der Waals surface area (Å²) in [7, 11) is 1.39. The first kappa shape index (κ1) is 33.3. The number of amides is 1. The van der Waals surface area contributed by atoms with Crippen LogP contribution < -0.4 is 14.8 Å². The molecular formula is C36H49NO7. The molecule has 0 saturated heterocycles. The van der Waals surface area contributed by atoms with Gasteiger partial charge >= 0.3 is 11.9 Å². The van der Waals surface area contributed by atoms with Gasteiger partial charge in [-0.05, 0) is 93.7 Å². The molecule has 1 unspecified atom stereocenters. The fourth-order valence-corrected chi connectivity index (χ4v) is 6.39. The van der Waals surface area contributed by atoms with Crippen molar-refractivity contribution in [3.05, 3.63) is 59.2 Å². The molecule has 0 heterocycles. The monoisotopic (exact) mass is 607 g/mol. The minimum absolute atomic E-state index is 0.0596. The van der Waals surface area contributed by atoms with Gasteiger partial charge in [0.2, 0.25) is 5.91 Å².